The molecule has 0 aromatic carbocycles. The van der Waals surface area contributed by atoms with Crippen LogP contribution in [0.4, 0.5) is 0 Å². The summed E-state index contributed by atoms with van der Waals surface area (Å²) in [6, 6.07) is 0. The SMILES string of the molecule is N=CCCC=NN=N. The van der Waals surface area contributed by atoms with E-state index in [0.717, 1.165) is 0 Å². The molecule has 0 bridgehead atoms. The highest BCUT2D eigenvalue weighted by atomic mass is 15.3. The summed E-state index contributed by atoms with van der Waals surface area (Å²) < 4.78 is 0. The zero-order valence-corrected chi connectivity index (χ0v) is 4.46. The van der Waals surface area contributed by atoms with Crippen molar-refractivity contribution >= 4 is 12.4 Å². The monoisotopic (exact) mass is 112 g/mol. The van der Waals surface area contributed by atoms with E-state index in [1.54, 1.807) is 0 Å². The van der Waals surface area contributed by atoms with Gasteiger partial charge in [0, 0.05) is 6.21 Å². The van der Waals surface area contributed by atoms with Crippen LogP contribution in [0.15, 0.2) is 10.3 Å². The van der Waals surface area contributed by atoms with E-state index in [-0.39, 0.29) is 0 Å². The number of hydrogen-bond donors (Lipinski definition) is 2. The molecule has 0 aliphatic rings. The normalized spacial score (nSPS) is 9.50. The highest BCUT2D eigenvalue weighted by Crippen LogP contribution is 1.78. The first-order valence-electron chi connectivity index (χ1n) is 2.29. The predicted octanol–water partition coefficient (Wildman–Crippen LogP) is 1.43. The van der Waals surface area contributed by atoms with Gasteiger partial charge in [0.05, 0.1) is 0 Å². The van der Waals surface area contributed by atoms with Gasteiger partial charge in [-0.05, 0) is 19.1 Å². The highest BCUT2D eigenvalue weighted by molar-refractivity contribution is 5.63. The highest BCUT2D eigenvalue weighted by Gasteiger charge is 1.72. The zero-order chi connectivity index (χ0) is 6.24. The third kappa shape index (κ3) is 4.94. The van der Waals surface area contributed by atoms with E-state index < -0.39 is 0 Å². The van der Waals surface area contributed by atoms with E-state index >= 15 is 0 Å². The largest absolute Gasteiger partial charge is 0.313 e. The van der Waals surface area contributed by atoms with Crippen molar-refractivity contribution in [3.8, 4) is 0 Å². The third-order valence-corrected chi connectivity index (χ3v) is 0.579. The van der Waals surface area contributed by atoms with Crippen LogP contribution in [-0.4, -0.2) is 12.4 Å². The average molecular weight is 112 g/mol. The van der Waals surface area contributed by atoms with Crippen molar-refractivity contribution in [1.82, 2.24) is 0 Å². The van der Waals surface area contributed by atoms with Crippen molar-refractivity contribution < 1.29 is 0 Å². The molecule has 0 saturated carbocycles. The molecule has 0 spiro atoms. The Morgan fingerprint density at radius 3 is 2.62 bits per heavy atom. The van der Waals surface area contributed by atoms with Crippen molar-refractivity contribution in [2.75, 3.05) is 0 Å². The summed E-state index contributed by atoms with van der Waals surface area (Å²) in [5, 5.41) is 12.6. The fraction of sp³-hybridized carbons (Fsp3) is 0.500. The van der Waals surface area contributed by atoms with Crippen LogP contribution in [0.2, 0.25) is 0 Å². The van der Waals surface area contributed by atoms with Crippen LogP contribution in [0.25, 0.3) is 0 Å². The molecule has 0 radical (unpaired) electrons. The third-order valence-electron chi connectivity index (χ3n) is 0.579. The molecule has 0 fully saturated rings. The molecule has 0 aliphatic carbocycles. The lowest BCUT2D eigenvalue weighted by Gasteiger charge is -1.77. The molecule has 4 heteroatoms. The standard InChI is InChI=1S/C4H8N4/c5-3-1-2-4-7-8-6/h3-6H,1-2H2. The summed E-state index contributed by atoms with van der Waals surface area (Å²) >= 11 is 0. The van der Waals surface area contributed by atoms with E-state index in [1.165, 1.54) is 12.4 Å². The summed E-state index contributed by atoms with van der Waals surface area (Å²) in [4.78, 5) is 0. The molecule has 0 aromatic rings. The van der Waals surface area contributed by atoms with Gasteiger partial charge in [-0.15, -0.1) is 5.10 Å². The van der Waals surface area contributed by atoms with Crippen LogP contribution >= 0.6 is 0 Å². The molecule has 0 rings (SSSR count). The smallest absolute Gasteiger partial charge is 0.0291 e. The van der Waals surface area contributed by atoms with Gasteiger partial charge < -0.3 is 5.41 Å². The lowest BCUT2D eigenvalue weighted by Crippen LogP contribution is -1.74. The molecule has 8 heavy (non-hydrogen) atoms. The summed E-state index contributed by atoms with van der Waals surface area (Å²) in [7, 11) is 0. The Labute approximate surface area is 47.6 Å². The van der Waals surface area contributed by atoms with Crippen molar-refractivity contribution in [2.45, 2.75) is 12.8 Å². The molecule has 0 unspecified atom stereocenters. The molecule has 0 aliphatic heterocycles. The van der Waals surface area contributed by atoms with E-state index in [9.17, 15) is 0 Å². The van der Waals surface area contributed by atoms with Gasteiger partial charge in [0.25, 0.3) is 0 Å². The van der Waals surface area contributed by atoms with Crippen LogP contribution in [0.3, 0.4) is 0 Å². The molecule has 0 aromatic heterocycles. The lowest BCUT2D eigenvalue weighted by molar-refractivity contribution is 0.984. The van der Waals surface area contributed by atoms with Gasteiger partial charge in [0.15, 0.2) is 0 Å². The first-order valence-corrected chi connectivity index (χ1v) is 2.29. The second-order valence-corrected chi connectivity index (χ2v) is 1.18. The first kappa shape index (κ1) is 6.94. The van der Waals surface area contributed by atoms with Crippen LogP contribution in [0.1, 0.15) is 12.8 Å². The Bertz CT molecular complexity index is 96.2. The number of nitrogens with one attached hydrogen (secondary N) is 2. The van der Waals surface area contributed by atoms with Crippen LogP contribution < -0.4 is 0 Å². The molecule has 4 nitrogen and oxygen atoms in total. The van der Waals surface area contributed by atoms with Gasteiger partial charge in [0.2, 0.25) is 0 Å². The topological polar surface area (TPSA) is 72.4 Å². The number of rotatable bonds is 4. The van der Waals surface area contributed by atoms with Crippen molar-refractivity contribution in [1.29, 1.82) is 10.9 Å². The van der Waals surface area contributed by atoms with Crippen molar-refractivity contribution in [2.24, 2.45) is 10.3 Å². The molecule has 0 atom stereocenters. The molecule has 0 amide bonds. The minimum atomic E-state index is 0.680. The molecule has 44 valence electrons. The summed E-state index contributed by atoms with van der Waals surface area (Å²) in [5.41, 5.74) is 6.21. The lowest BCUT2D eigenvalue weighted by atomic mass is 10.4. The average Bonchev–Trinajstić information content (AvgIpc) is 1.81. The Hall–Kier alpha value is -1.06. The number of nitrogens with zero attached hydrogens (tertiary/aromatic N) is 2. The van der Waals surface area contributed by atoms with E-state index in [2.05, 4.69) is 10.3 Å². The first-order chi connectivity index (χ1) is 3.91. The maximum atomic E-state index is 6.57. The number of hydrogen-bond acceptors (Lipinski definition) is 3. The molecular formula is C4H8N4. The zero-order valence-electron chi connectivity index (χ0n) is 4.46. The van der Waals surface area contributed by atoms with Gasteiger partial charge in [-0.3, -0.25) is 0 Å². The van der Waals surface area contributed by atoms with Gasteiger partial charge in [-0.2, -0.15) is 5.53 Å². The molecule has 0 heterocycles. The van der Waals surface area contributed by atoms with Crippen LogP contribution in [-0.2, 0) is 0 Å². The second kappa shape index (κ2) is 5.94. The van der Waals surface area contributed by atoms with Gasteiger partial charge in [-0.25, -0.2) is 0 Å². The number of unbranched alkanes of at least 4 members (excludes halogenated alkanes) is 1. The van der Waals surface area contributed by atoms with Gasteiger partial charge in [-0.1, -0.05) is 5.22 Å². The summed E-state index contributed by atoms with van der Waals surface area (Å²) in [6.45, 7) is 0. The Kier molecular flexibility index (Phi) is 5.15. The second-order valence-electron chi connectivity index (χ2n) is 1.18. The molecular weight excluding hydrogens is 104 g/mol. The van der Waals surface area contributed by atoms with Gasteiger partial charge in [0.1, 0.15) is 0 Å². The maximum absolute atomic E-state index is 6.57. The Morgan fingerprint density at radius 1 is 1.38 bits per heavy atom. The summed E-state index contributed by atoms with van der Waals surface area (Å²) in [5.74, 6) is 0. The summed E-state index contributed by atoms with van der Waals surface area (Å²) in [6.07, 6.45) is 4.19. The fourth-order valence-electron chi connectivity index (χ4n) is 0.256. The molecule has 2 N–H and O–H groups in total. The van der Waals surface area contributed by atoms with Crippen LogP contribution in [0, 0.1) is 10.9 Å². The Balaban J connectivity index is 3.02. The maximum Gasteiger partial charge on any atom is 0.0291 e. The van der Waals surface area contributed by atoms with Crippen molar-refractivity contribution in [3.05, 3.63) is 0 Å². The van der Waals surface area contributed by atoms with Gasteiger partial charge >= 0.3 is 0 Å². The Morgan fingerprint density at radius 2 is 2.12 bits per heavy atom. The fourth-order valence-corrected chi connectivity index (χ4v) is 0.256. The van der Waals surface area contributed by atoms with E-state index in [1.807, 2.05) is 0 Å². The minimum Gasteiger partial charge on any atom is -0.313 e. The van der Waals surface area contributed by atoms with Crippen LogP contribution in [0.5, 0.6) is 0 Å². The van der Waals surface area contributed by atoms with E-state index in [4.69, 9.17) is 10.9 Å². The molecule has 0 saturated heterocycles. The van der Waals surface area contributed by atoms with E-state index in [0.29, 0.717) is 12.8 Å². The van der Waals surface area contributed by atoms with Crippen molar-refractivity contribution in [3.63, 3.8) is 0 Å². The minimum absolute atomic E-state index is 0.680. The quantitative estimate of drug-likeness (QED) is 0.239. The predicted molar refractivity (Wildman–Crippen MR) is 31.7 cm³/mol.